The van der Waals surface area contributed by atoms with Crippen LogP contribution < -0.4 is 4.90 Å². The predicted octanol–water partition coefficient (Wildman–Crippen LogP) is 1.32. The fourth-order valence-electron chi connectivity index (χ4n) is 2.84. The van der Waals surface area contributed by atoms with Crippen LogP contribution in [0.2, 0.25) is 0 Å². The zero-order valence-corrected chi connectivity index (χ0v) is 10.7. The van der Waals surface area contributed by atoms with E-state index >= 15 is 0 Å². The van der Waals surface area contributed by atoms with Gasteiger partial charge < -0.3 is 10.0 Å². The lowest BCUT2D eigenvalue weighted by Gasteiger charge is -2.41. The maximum atomic E-state index is 11.2. The molecule has 0 aromatic carbocycles. The topological polar surface area (TPSA) is 99.8 Å². The molecule has 1 N–H and O–H groups in total. The van der Waals surface area contributed by atoms with Gasteiger partial charge in [0.1, 0.15) is 11.9 Å². The number of nitrogens with zero attached hydrogens (tertiary/aromatic N) is 4. The van der Waals surface area contributed by atoms with Crippen molar-refractivity contribution >= 4 is 17.5 Å². The summed E-state index contributed by atoms with van der Waals surface area (Å²) in [5.74, 6) is 0. The summed E-state index contributed by atoms with van der Waals surface area (Å²) in [6.45, 7) is 1.33. The number of carbonyl (C=O) groups is 1. The fourth-order valence-corrected chi connectivity index (χ4v) is 2.84. The number of aromatic nitrogens is 1. The van der Waals surface area contributed by atoms with Crippen LogP contribution >= 0.6 is 0 Å². The molecule has 1 aromatic rings. The number of carboxylic acid groups (broad SMARTS) is 1. The van der Waals surface area contributed by atoms with Gasteiger partial charge in [0.15, 0.2) is 0 Å². The Labute approximate surface area is 114 Å². The number of amides is 1. The molecule has 0 bridgehead atoms. The molecule has 1 aliphatic carbocycles. The van der Waals surface area contributed by atoms with Gasteiger partial charge >= 0.3 is 11.8 Å². The van der Waals surface area contributed by atoms with Gasteiger partial charge in [0.05, 0.1) is 10.5 Å². The smallest absolute Gasteiger partial charge is 0.407 e. The first-order valence-corrected chi connectivity index (χ1v) is 6.37. The first-order valence-electron chi connectivity index (χ1n) is 6.37. The zero-order valence-electron chi connectivity index (χ0n) is 10.7. The van der Waals surface area contributed by atoms with Crippen molar-refractivity contribution in [3.05, 3.63) is 28.6 Å². The van der Waals surface area contributed by atoms with Gasteiger partial charge in [-0.3, -0.25) is 20.0 Å². The largest absolute Gasteiger partial charge is 0.465 e. The molecule has 8 heteroatoms. The monoisotopic (exact) mass is 278 g/mol. The van der Waals surface area contributed by atoms with Crippen molar-refractivity contribution in [3.8, 4) is 0 Å². The van der Waals surface area contributed by atoms with Gasteiger partial charge in [0.25, 0.3) is 0 Å². The number of pyridine rings is 1. The van der Waals surface area contributed by atoms with Crippen LogP contribution in [0.1, 0.15) is 12.8 Å². The summed E-state index contributed by atoms with van der Waals surface area (Å²) in [6.07, 6.45) is 3.47. The Balaban J connectivity index is 1.87. The van der Waals surface area contributed by atoms with Crippen LogP contribution in [0.25, 0.3) is 0 Å². The molecule has 0 radical (unpaired) electrons. The van der Waals surface area contributed by atoms with Gasteiger partial charge in [-0.05, 0) is 18.9 Å². The van der Waals surface area contributed by atoms with E-state index in [4.69, 9.17) is 0 Å². The molecule has 1 saturated heterocycles. The summed E-state index contributed by atoms with van der Waals surface area (Å²) in [6, 6.07) is 1.62. The van der Waals surface area contributed by atoms with E-state index in [1.54, 1.807) is 6.07 Å². The van der Waals surface area contributed by atoms with Crippen LogP contribution in [0.15, 0.2) is 18.5 Å². The summed E-state index contributed by atoms with van der Waals surface area (Å²) in [7, 11) is 0. The first kappa shape index (κ1) is 12.6. The van der Waals surface area contributed by atoms with Crippen molar-refractivity contribution in [2.45, 2.75) is 18.4 Å². The van der Waals surface area contributed by atoms with Crippen molar-refractivity contribution in [1.29, 1.82) is 0 Å². The maximum absolute atomic E-state index is 11.2. The van der Waals surface area contributed by atoms with Crippen LogP contribution in [0, 0.1) is 10.1 Å². The van der Waals surface area contributed by atoms with E-state index < -0.39 is 11.0 Å². The quantitative estimate of drug-likeness (QED) is 0.647. The molecule has 3 rings (SSSR count). The average Bonchev–Trinajstić information content (AvgIpc) is 3.18. The molecule has 8 nitrogen and oxygen atoms in total. The first-order chi connectivity index (χ1) is 9.53. The molecule has 106 valence electrons. The molecule has 0 atom stereocenters. The number of rotatable bonds is 2. The lowest BCUT2D eigenvalue weighted by Crippen LogP contribution is -2.56. The third-order valence-corrected chi connectivity index (χ3v) is 4.02. The molecule has 0 unspecified atom stereocenters. The normalized spacial score (nSPS) is 20.0. The van der Waals surface area contributed by atoms with Crippen molar-refractivity contribution in [2.75, 3.05) is 24.5 Å². The summed E-state index contributed by atoms with van der Waals surface area (Å²) >= 11 is 0. The van der Waals surface area contributed by atoms with Gasteiger partial charge in [0, 0.05) is 25.8 Å². The molecule has 2 heterocycles. The van der Waals surface area contributed by atoms with E-state index in [-0.39, 0.29) is 11.2 Å². The van der Waals surface area contributed by atoms with Crippen LogP contribution in [0.4, 0.5) is 16.2 Å². The van der Waals surface area contributed by atoms with Crippen molar-refractivity contribution in [3.63, 3.8) is 0 Å². The highest BCUT2D eigenvalue weighted by Crippen LogP contribution is 2.45. The zero-order chi connectivity index (χ0) is 14.3. The lowest BCUT2D eigenvalue weighted by molar-refractivity contribution is -0.384. The standard InChI is InChI=1S/C12H14N4O4/c17-11(18)15-6-5-14(8-12(15)2-3-12)9-1-4-13-7-10(9)16(19)20/h1,4,7H,2-3,5-6,8H2,(H,17,18). The van der Waals surface area contributed by atoms with Gasteiger partial charge in [-0.15, -0.1) is 0 Å². The molecular weight excluding hydrogens is 264 g/mol. The second-order valence-corrected chi connectivity index (χ2v) is 5.20. The number of anilines is 1. The molecule has 1 amide bonds. The summed E-state index contributed by atoms with van der Waals surface area (Å²) < 4.78 is 0. The number of hydrogen-bond donors (Lipinski definition) is 1. The van der Waals surface area contributed by atoms with E-state index in [1.807, 2.05) is 4.90 Å². The number of nitro groups is 1. The lowest BCUT2D eigenvalue weighted by atomic mass is 10.1. The highest BCUT2D eigenvalue weighted by Gasteiger charge is 2.53. The molecular formula is C12H14N4O4. The Morgan fingerprint density at radius 2 is 2.20 bits per heavy atom. The predicted molar refractivity (Wildman–Crippen MR) is 69.8 cm³/mol. The summed E-state index contributed by atoms with van der Waals surface area (Å²) in [5, 5.41) is 20.3. The SMILES string of the molecule is O=C(O)N1CCN(c2ccncc2[N+](=O)[O-])CC12CC2. The second kappa shape index (κ2) is 4.32. The fraction of sp³-hybridized carbons (Fsp3) is 0.500. The van der Waals surface area contributed by atoms with E-state index in [0.29, 0.717) is 25.3 Å². The van der Waals surface area contributed by atoms with Gasteiger partial charge in [-0.2, -0.15) is 0 Å². The third-order valence-electron chi connectivity index (χ3n) is 4.02. The van der Waals surface area contributed by atoms with Gasteiger partial charge in [-0.1, -0.05) is 0 Å². The Hall–Kier alpha value is -2.38. The minimum atomic E-state index is -0.911. The highest BCUT2D eigenvalue weighted by atomic mass is 16.6. The van der Waals surface area contributed by atoms with E-state index in [9.17, 15) is 20.0 Å². The number of piperazine rings is 1. The average molecular weight is 278 g/mol. The minimum absolute atomic E-state index is 0.0351. The van der Waals surface area contributed by atoms with E-state index in [1.165, 1.54) is 17.3 Å². The molecule has 2 fully saturated rings. The van der Waals surface area contributed by atoms with Gasteiger partial charge in [-0.25, -0.2) is 4.79 Å². The van der Waals surface area contributed by atoms with Crippen molar-refractivity contribution in [1.82, 2.24) is 9.88 Å². The van der Waals surface area contributed by atoms with Crippen LogP contribution in [0.5, 0.6) is 0 Å². The maximum Gasteiger partial charge on any atom is 0.407 e. The van der Waals surface area contributed by atoms with E-state index in [0.717, 1.165) is 12.8 Å². The van der Waals surface area contributed by atoms with Crippen LogP contribution in [-0.4, -0.2) is 51.2 Å². The van der Waals surface area contributed by atoms with Crippen LogP contribution in [-0.2, 0) is 0 Å². The molecule has 1 saturated carbocycles. The highest BCUT2D eigenvalue weighted by molar-refractivity contribution is 5.69. The summed E-state index contributed by atoms with van der Waals surface area (Å²) in [4.78, 5) is 29.0. The minimum Gasteiger partial charge on any atom is -0.465 e. The van der Waals surface area contributed by atoms with Crippen molar-refractivity contribution in [2.24, 2.45) is 0 Å². The third kappa shape index (κ3) is 1.93. The Morgan fingerprint density at radius 1 is 1.45 bits per heavy atom. The molecule has 2 aliphatic rings. The van der Waals surface area contributed by atoms with E-state index in [2.05, 4.69) is 4.98 Å². The molecule has 1 aromatic heterocycles. The van der Waals surface area contributed by atoms with Crippen molar-refractivity contribution < 1.29 is 14.8 Å². The summed E-state index contributed by atoms with van der Waals surface area (Å²) in [5.41, 5.74) is 0.120. The Morgan fingerprint density at radius 3 is 2.80 bits per heavy atom. The second-order valence-electron chi connectivity index (χ2n) is 5.20. The number of hydrogen-bond acceptors (Lipinski definition) is 5. The Kier molecular flexibility index (Phi) is 2.73. The Bertz CT molecular complexity index is 572. The molecule has 1 spiro atoms. The van der Waals surface area contributed by atoms with Crippen LogP contribution in [0.3, 0.4) is 0 Å². The molecule has 1 aliphatic heterocycles. The molecule has 20 heavy (non-hydrogen) atoms. The van der Waals surface area contributed by atoms with Gasteiger partial charge in [0.2, 0.25) is 0 Å².